The van der Waals surface area contributed by atoms with Crippen molar-refractivity contribution in [1.82, 2.24) is 9.63 Å². The first kappa shape index (κ1) is 20.2. The molecule has 0 radical (unpaired) electrons. The Kier molecular flexibility index (Phi) is 6.44. The number of aromatic nitrogens is 1. The van der Waals surface area contributed by atoms with Gasteiger partial charge in [-0.25, -0.2) is 4.39 Å². The summed E-state index contributed by atoms with van der Waals surface area (Å²) in [5.74, 6) is 0.149. The molecule has 1 aromatic heterocycles. The van der Waals surface area contributed by atoms with E-state index in [1.807, 2.05) is 12.1 Å². The van der Waals surface area contributed by atoms with E-state index in [0.29, 0.717) is 12.4 Å². The summed E-state index contributed by atoms with van der Waals surface area (Å²) in [4.78, 5) is 20.3. The van der Waals surface area contributed by atoms with Crippen LogP contribution in [0.3, 0.4) is 0 Å². The highest BCUT2D eigenvalue weighted by molar-refractivity contribution is 5.23. The molecular weight excluding hydrogens is 383 g/mol. The molecule has 1 saturated heterocycles. The van der Waals surface area contributed by atoms with Gasteiger partial charge in [-0.05, 0) is 54.8 Å². The number of benzene rings is 2. The fourth-order valence-corrected chi connectivity index (χ4v) is 3.23. The Morgan fingerprint density at radius 3 is 2.20 bits per heavy atom. The lowest BCUT2D eigenvalue weighted by molar-refractivity contribution is 0.0884. The summed E-state index contributed by atoms with van der Waals surface area (Å²) < 4.78 is 19.7. The first-order valence-corrected chi connectivity index (χ1v) is 10.2. The van der Waals surface area contributed by atoms with Crippen LogP contribution in [0.5, 0.6) is 5.75 Å². The van der Waals surface area contributed by atoms with Crippen molar-refractivity contribution in [2.24, 2.45) is 0 Å². The lowest BCUT2D eigenvalue weighted by Gasteiger charge is -2.30. The zero-order valence-electron chi connectivity index (χ0n) is 16.8. The number of hydrogen-bond donors (Lipinski definition) is 0. The Morgan fingerprint density at radius 1 is 0.867 bits per heavy atom. The lowest BCUT2D eigenvalue weighted by atomic mass is 10.1. The molecule has 0 spiro atoms. The second-order valence-electron chi connectivity index (χ2n) is 7.48. The molecule has 0 unspecified atom stereocenters. The fraction of sp³-hybridized carbons (Fsp3) is 0.292. The Labute approximate surface area is 175 Å². The van der Waals surface area contributed by atoms with Gasteiger partial charge < -0.3 is 14.5 Å². The molecule has 0 atom stereocenters. The van der Waals surface area contributed by atoms with Crippen molar-refractivity contribution in [3.63, 3.8) is 0 Å². The molecule has 0 aliphatic carbocycles. The summed E-state index contributed by atoms with van der Waals surface area (Å²) in [7, 11) is 0. The molecule has 1 aliphatic heterocycles. The first-order chi connectivity index (χ1) is 14.7. The molecule has 3 aromatic rings. The largest absolute Gasteiger partial charge is 0.489 e. The minimum atomic E-state index is -0.308. The maximum Gasteiger partial charge on any atom is 0.286 e. The third-order valence-corrected chi connectivity index (χ3v) is 5.23. The van der Waals surface area contributed by atoms with Crippen molar-refractivity contribution in [2.75, 3.05) is 19.6 Å². The minimum Gasteiger partial charge on any atom is -0.489 e. The van der Waals surface area contributed by atoms with E-state index in [2.05, 4.69) is 17.0 Å². The van der Waals surface area contributed by atoms with Gasteiger partial charge in [0.1, 0.15) is 24.8 Å². The van der Waals surface area contributed by atoms with E-state index in [9.17, 15) is 9.18 Å². The number of halogens is 1. The van der Waals surface area contributed by atoms with Crippen LogP contribution < -0.4 is 15.1 Å². The summed E-state index contributed by atoms with van der Waals surface area (Å²) in [6.45, 7) is 4.12. The molecule has 30 heavy (non-hydrogen) atoms. The maximum atomic E-state index is 12.9. The van der Waals surface area contributed by atoms with Gasteiger partial charge in [0.25, 0.3) is 5.56 Å². The average Bonchev–Trinajstić information content (AvgIpc) is 2.72. The molecule has 2 heterocycles. The van der Waals surface area contributed by atoms with E-state index in [1.54, 1.807) is 24.4 Å². The molecule has 6 heteroatoms. The molecular formula is C24H25FN2O3. The smallest absolute Gasteiger partial charge is 0.286 e. The topological polar surface area (TPSA) is 43.7 Å². The molecule has 0 bridgehead atoms. The van der Waals surface area contributed by atoms with Gasteiger partial charge in [0, 0.05) is 18.7 Å². The first-order valence-electron chi connectivity index (χ1n) is 10.2. The zero-order chi connectivity index (χ0) is 20.8. The molecule has 1 aliphatic rings. The lowest BCUT2D eigenvalue weighted by Crippen LogP contribution is -2.38. The number of likely N-dealkylation sites (tertiary alicyclic amines) is 1. The molecule has 0 amide bonds. The normalized spacial score (nSPS) is 13.6. The Balaban J connectivity index is 1.27. The molecule has 5 nitrogen and oxygen atoms in total. The van der Waals surface area contributed by atoms with Gasteiger partial charge in [0.05, 0.1) is 6.20 Å². The highest BCUT2D eigenvalue weighted by Crippen LogP contribution is 2.12. The van der Waals surface area contributed by atoms with Gasteiger partial charge >= 0.3 is 0 Å². The van der Waals surface area contributed by atoms with Crippen LogP contribution in [0.4, 0.5) is 4.39 Å². The van der Waals surface area contributed by atoms with Crippen LogP contribution in [0.1, 0.15) is 23.1 Å². The summed E-state index contributed by atoms with van der Waals surface area (Å²) in [6.07, 6.45) is 3.92. The van der Waals surface area contributed by atoms with Gasteiger partial charge in [0.2, 0.25) is 0 Å². The van der Waals surface area contributed by atoms with Crippen molar-refractivity contribution in [1.29, 1.82) is 0 Å². The summed E-state index contributed by atoms with van der Waals surface area (Å²) in [6, 6.07) is 17.4. The molecule has 1 fully saturated rings. The van der Waals surface area contributed by atoms with Crippen LogP contribution in [-0.4, -0.2) is 29.3 Å². The standard InChI is InChI=1S/C24H25FN2O3/c25-22-8-6-20(7-9-22)17-29-23-11-15-27(24(28)16-23)30-18-21-4-2-19(3-5-21)10-14-26-12-1-13-26/h2-9,11,15-16H,1,10,12-14,17-18H2. The third-order valence-electron chi connectivity index (χ3n) is 5.23. The second-order valence-corrected chi connectivity index (χ2v) is 7.48. The predicted octanol–water partition coefficient (Wildman–Crippen LogP) is 3.44. The van der Waals surface area contributed by atoms with Crippen molar-refractivity contribution in [2.45, 2.75) is 26.1 Å². The second kappa shape index (κ2) is 9.59. The Hall–Kier alpha value is -3.12. The third kappa shape index (κ3) is 5.48. The van der Waals surface area contributed by atoms with E-state index in [0.717, 1.165) is 24.1 Å². The number of pyridine rings is 1. The number of rotatable bonds is 9. The predicted molar refractivity (Wildman–Crippen MR) is 113 cm³/mol. The number of hydrogen-bond acceptors (Lipinski definition) is 4. The van der Waals surface area contributed by atoms with E-state index in [4.69, 9.17) is 9.57 Å². The average molecular weight is 408 g/mol. The molecule has 0 saturated carbocycles. The van der Waals surface area contributed by atoms with E-state index in [-0.39, 0.29) is 18.0 Å². The van der Waals surface area contributed by atoms with Crippen molar-refractivity contribution < 1.29 is 14.0 Å². The van der Waals surface area contributed by atoms with Crippen molar-refractivity contribution >= 4 is 0 Å². The minimum absolute atomic E-state index is 0.259. The van der Waals surface area contributed by atoms with Gasteiger partial charge in [-0.2, -0.15) is 4.73 Å². The number of nitrogens with zero attached hydrogens (tertiary/aromatic N) is 2. The van der Waals surface area contributed by atoms with E-state index in [1.165, 1.54) is 48.0 Å². The van der Waals surface area contributed by atoms with Gasteiger partial charge in [-0.15, -0.1) is 0 Å². The number of ether oxygens (including phenoxy) is 1. The van der Waals surface area contributed by atoms with Crippen LogP contribution in [0.15, 0.2) is 71.7 Å². The quantitative estimate of drug-likeness (QED) is 0.544. The summed E-state index contributed by atoms with van der Waals surface area (Å²) in [5.41, 5.74) is 2.83. The van der Waals surface area contributed by atoms with Crippen molar-refractivity contribution in [3.05, 3.63) is 99.7 Å². The summed E-state index contributed by atoms with van der Waals surface area (Å²) in [5, 5.41) is 0. The van der Waals surface area contributed by atoms with Crippen LogP contribution in [0.2, 0.25) is 0 Å². The fourth-order valence-electron chi connectivity index (χ4n) is 3.23. The monoisotopic (exact) mass is 408 g/mol. The van der Waals surface area contributed by atoms with Crippen LogP contribution in [-0.2, 0) is 19.6 Å². The van der Waals surface area contributed by atoms with Crippen molar-refractivity contribution in [3.8, 4) is 5.75 Å². The van der Waals surface area contributed by atoms with Gasteiger partial charge in [0.15, 0.2) is 0 Å². The van der Waals surface area contributed by atoms with Gasteiger partial charge in [-0.1, -0.05) is 36.4 Å². The zero-order valence-corrected chi connectivity index (χ0v) is 16.8. The molecule has 4 rings (SSSR count). The van der Waals surface area contributed by atoms with E-state index >= 15 is 0 Å². The Morgan fingerprint density at radius 2 is 1.53 bits per heavy atom. The molecule has 156 valence electrons. The molecule has 2 aromatic carbocycles. The SMILES string of the molecule is O=c1cc(OCc2ccc(F)cc2)ccn1OCc1ccc(CCN2CCC2)cc1. The van der Waals surface area contributed by atoms with Gasteiger partial charge in [-0.3, -0.25) is 4.79 Å². The highest BCUT2D eigenvalue weighted by Gasteiger charge is 2.12. The maximum absolute atomic E-state index is 12.9. The summed E-state index contributed by atoms with van der Waals surface area (Å²) >= 11 is 0. The van der Waals surface area contributed by atoms with Crippen LogP contribution in [0.25, 0.3) is 0 Å². The van der Waals surface area contributed by atoms with E-state index < -0.39 is 0 Å². The van der Waals surface area contributed by atoms with Crippen LogP contribution >= 0.6 is 0 Å². The Bertz CT molecular complexity index is 1010. The highest BCUT2D eigenvalue weighted by atomic mass is 19.1. The molecule has 0 N–H and O–H groups in total. The van der Waals surface area contributed by atoms with Crippen LogP contribution in [0, 0.1) is 5.82 Å².